The molecule has 1 aromatic rings. The Bertz CT molecular complexity index is 720. The number of benzene rings is 1. The van der Waals surface area contributed by atoms with E-state index < -0.39 is 8.07 Å². The van der Waals surface area contributed by atoms with Gasteiger partial charge in [0.05, 0.1) is 0 Å². The van der Waals surface area contributed by atoms with Crippen molar-refractivity contribution in [2.75, 3.05) is 0 Å². The van der Waals surface area contributed by atoms with E-state index >= 15 is 0 Å². The Kier molecular flexibility index (Phi) is 10.5. The maximum Gasteiger partial charge on any atom is 0.579 e. The van der Waals surface area contributed by atoms with E-state index in [-0.39, 0.29) is 6.98 Å². The van der Waals surface area contributed by atoms with Gasteiger partial charge in [-0.3, -0.25) is 0 Å². The van der Waals surface area contributed by atoms with Crippen LogP contribution in [-0.4, -0.2) is 72.6 Å². The summed E-state index contributed by atoms with van der Waals surface area (Å²) in [6.07, 6.45) is 6.34. The molecule has 0 heterocycles. The van der Waals surface area contributed by atoms with Crippen molar-refractivity contribution in [3.8, 4) is 0 Å². The summed E-state index contributed by atoms with van der Waals surface area (Å²) < 4.78 is 2.29. The average molecular weight is 466 g/mol. The number of hydrogen-bond acceptors (Lipinski definition) is 2. The molecule has 1 fully saturated rings. The minimum Gasteiger partial charge on any atom is -0.332 e. The van der Waals surface area contributed by atoms with Crippen LogP contribution in [0.1, 0.15) is 87.5 Å². The zero-order valence-corrected chi connectivity index (χ0v) is 24.3. The normalized spacial score (nSPS) is 17.1. The van der Waals surface area contributed by atoms with E-state index in [1.54, 1.807) is 0 Å². The number of hydrogen-bond donors (Lipinski definition) is 0. The third-order valence-corrected chi connectivity index (χ3v) is 11.2. The highest BCUT2D eigenvalue weighted by atomic mass is 28.3. The van der Waals surface area contributed by atoms with Gasteiger partial charge in [0.25, 0.3) is 0 Å². The lowest BCUT2D eigenvalue weighted by Gasteiger charge is -2.47. The van der Waals surface area contributed by atoms with Crippen LogP contribution in [0.25, 0.3) is 0 Å². The molecule has 0 unspecified atom stereocenters. The molecule has 6 heteroatoms. The van der Waals surface area contributed by atoms with Crippen molar-refractivity contribution in [3.05, 3.63) is 30.3 Å². The average Bonchev–Trinajstić information content (AvgIpc) is 2.73. The molecule has 33 heavy (non-hydrogen) atoms. The first kappa shape index (κ1) is 28.4. The topological polar surface area (TPSA) is 9.49 Å². The molecule has 1 aliphatic carbocycles. The van der Waals surface area contributed by atoms with Gasteiger partial charge in [0.1, 0.15) is 11.3 Å². The van der Waals surface area contributed by atoms with E-state index in [4.69, 9.17) is 7.98 Å². The van der Waals surface area contributed by atoms with Crippen LogP contribution in [-0.2, 0) is 0 Å². The summed E-state index contributed by atoms with van der Waals surface area (Å²) in [4.78, 5) is 5.44. The van der Waals surface area contributed by atoms with Crippen LogP contribution < -0.4 is 5.19 Å². The van der Waals surface area contributed by atoms with Crippen molar-refractivity contribution in [1.82, 2.24) is 9.62 Å². The Labute approximate surface area is 208 Å². The molecule has 1 aliphatic rings. The van der Waals surface area contributed by atoms with E-state index in [1.165, 1.54) is 42.5 Å². The van der Waals surface area contributed by atoms with Crippen LogP contribution >= 0.6 is 0 Å². The maximum atomic E-state index is 7.27. The Balaban J connectivity index is 2.87. The predicted octanol–water partition coefficient (Wildman–Crippen LogP) is 5.28. The lowest BCUT2D eigenvalue weighted by Crippen LogP contribution is -2.73. The smallest absolute Gasteiger partial charge is 0.332 e. The molecule has 0 aliphatic heterocycles. The largest absolute Gasteiger partial charge is 0.579 e. The lowest BCUT2D eigenvalue weighted by atomic mass is 9.67. The molecule has 0 bridgehead atoms. The standard InChI is InChI=1S/C27H50B2N3Si/c1-21(2)31(22(3)4)29(32(23(5)6)24(7)8)27(30(28)25-17-13-11-14-18-25)33(9,10)26-19-15-12-16-20-26/h12,15-16,19-25H,11,13-14,17-18H2,1-10H3/q+1/b30-27-. The highest BCUT2D eigenvalue weighted by Crippen LogP contribution is 2.26. The van der Waals surface area contributed by atoms with Gasteiger partial charge in [-0.2, -0.15) is 0 Å². The molecule has 0 saturated heterocycles. The lowest BCUT2D eigenvalue weighted by molar-refractivity contribution is -0.425. The fourth-order valence-corrected chi connectivity index (χ4v) is 9.19. The molecule has 2 rings (SSSR count). The van der Waals surface area contributed by atoms with Crippen molar-refractivity contribution < 1.29 is 4.49 Å². The third kappa shape index (κ3) is 6.64. The van der Waals surface area contributed by atoms with Crippen LogP contribution in [0.5, 0.6) is 0 Å². The van der Waals surface area contributed by atoms with Gasteiger partial charge in [-0.15, -0.1) is 0 Å². The summed E-state index contributed by atoms with van der Waals surface area (Å²) in [7, 11) is 5.18. The molecular weight excluding hydrogens is 416 g/mol. The van der Waals surface area contributed by atoms with Crippen LogP contribution in [0.4, 0.5) is 0 Å². The first-order chi connectivity index (χ1) is 15.4. The Morgan fingerprint density at radius 1 is 0.818 bits per heavy atom. The molecule has 0 amide bonds. The summed E-state index contributed by atoms with van der Waals surface area (Å²) in [6.45, 7) is 24.0. The summed E-state index contributed by atoms with van der Waals surface area (Å²) in [5.41, 5.74) is 0. The van der Waals surface area contributed by atoms with Crippen LogP contribution in [0, 0.1) is 0 Å². The van der Waals surface area contributed by atoms with Gasteiger partial charge in [0.2, 0.25) is 0 Å². The highest BCUT2D eigenvalue weighted by molar-refractivity contribution is 7.30. The van der Waals surface area contributed by atoms with Gasteiger partial charge in [-0.25, -0.2) is 0 Å². The van der Waals surface area contributed by atoms with E-state index in [9.17, 15) is 0 Å². The zero-order chi connectivity index (χ0) is 24.9. The number of nitrogens with zero attached hydrogens (tertiary/aromatic N) is 3. The minimum atomic E-state index is -2.09. The van der Waals surface area contributed by atoms with Gasteiger partial charge in [-0.05, 0) is 42.2 Å². The molecule has 1 aromatic carbocycles. The maximum absolute atomic E-state index is 7.27. The van der Waals surface area contributed by atoms with Crippen molar-refractivity contribution in [2.24, 2.45) is 0 Å². The number of rotatable bonds is 10. The van der Waals surface area contributed by atoms with Crippen LogP contribution in [0.15, 0.2) is 30.3 Å². The monoisotopic (exact) mass is 466 g/mol. The molecule has 0 aromatic heterocycles. The summed E-state index contributed by atoms with van der Waals surface area (Å²) in [6, 6.07) is 13.3. The van der Waals surface area contributed by atoms with Crippen molar-refractivity contribution >= 4 is 33.5 Å². The second-order valence-electron chi connectivity index (χ2n) is 11.7. The van der Waals surface area contributed by atoms with Crippen LogP contribution in [0.3, 0.4) is 0 Å². The van der Waals surface area contributed by atoms with Gasteiger partial charge >= 0.3 is 15.0 Å². The Morgan fingerprint density at radius 2 is 1.24 bits per heavy atom. The highest BCUT2D eigenvalue weighted by Gasteiger charge is 2.52. The quantitative estimate of drug-likeness (QED) is 0.343. The fourth-order valence-electron chi connectivity index (χ4n) is 6.10. The van der Waals surface area contributed by atoms with Gasteiger partial charge in [0, 0.05) is 12.8 Å². The molecule has 182 valence electrons. The van der Waals surface area contributed by atoms with Crippen molar-refractivity contribution in [2.45, 2.75) is 131 Å². The summed E-state index contributed by atoms with van der Waals surface area (Å²) in [5.74, 6) is 0. The van der Waals surface area contributed by atoms with Crippen LogP contribution in [0.2, 0.25) is 13.1 Å². The predicted molar refractivity (Wildman–Crippen MR) is 151 cm³/mol. The Hall–Kier alpha value is -0.843. The fraction of sp³-hybridized carbons (Fsp3) is 0.741. The third-order valence-electron chi connectivity index (χ3n) is 7.58. The van der Waals surface area contributed by atoms with E-state index in [0.717, 1.165) is 0 Å². The molecule has 1 saturated carbocycles. The summed E-state index contributed by atoms with van der Waals surface area (Å²) in [5, 5.41) is 2.95. The molecule has 0 spiro atoms. The second kappa shape index (κ2) is 12.2. The van der Waals surface area contributed by atoms with Gasteiger partial charge < -0.3 is 14.1 Å². The first-order valence-corrected chi connectivity index (χ1v) is 16.4. The van der Waals surface area contributed by atoms with E-state index in [2.05, 4.69) is 113 Å². The van der Waals surface area contributed by atoms with Crippen molar-refractivity contribution in [1.29, 1.82) is 0 Å². The first-order valence-electron chi connectivity index (χ1n) is 13.4. The summed E-state index contributed by atoms with van der Waals surface area (Å²) >= 11 is 0. The zero-order valence-electron chi connectivity index (χ0n) is 23.3. The van der Waals surface area contributed by atoms with E-state index in [1.807, 2.05) is 0 Å². The Morgan fingerprint density at radius 3 is 1.64 bits per heavy atom. The molecule has 0 atom stereocenters. The second-order valence-corrected chi connectivity index (χ2v) is 16.1. The molecular formula is C27H50B2N3Si+. The molecule has 3 nitrogen and oxygen atoms in total. The molecule has 2 radical (unpaired) electrons. The van der Waals surface area contributed by atoms with Gasteiger partial charge in [0.15, 0.2) is 8.07 Å². The SMILES string of the molecule is [B]/[N+](=C(/B(N(C(C)C)C(C)C)N(C(C)C)C(C)C)[Si](C)(C)c1ccccc1)C1CCCCC1. The van der Waals surface area contributed by atoms with E-state index in [0.29, 0.717) is 30.2 Å². The molecule has 0 N–H and O–H groups in total. The minimum absolute atomic E-state index is 0.179. The van der Waals surface area contributed by atoms with Gasteiger partial charge in [-0.1, -0.05) is 105 Å². The van der Waals surface area contributed by atoms with Crippen molar-refractivity contribution in [3.63, 3.8) is 0 Å².